The molecule has 0 unspecified atom stereocenters. The Morgan fingerprint density at radius 3 is 1.41 bits per heavy atom. The number of benzene rings is 6. The number of hydrogen-bond donors (Lipinski definition) is 5. The third-order valence-electron chi connectivity index (χ3n) is 15.1. The van der Waals surface area contributed by atoms with Crippen LogP contribution in [0.4, 0.5) is 70.1 Å². The van der Waals surface area contributed by atoms with E-state index in [4.69, 9.17) is 14.7 Å². The second-order valence-corrected chi connectivity index (χ2v) is 27.0. The van der Waals surface area contributed by atoms with Gasteiger partial charge in [-0.15, -0.1) is 11.6 Å². The predicted octanol–water partition coefficient (Wildman–Crippen LogP) is 16.5. The summed E-state index contributed by atoms with van der Waals surface area (Å²) in [5.41, 5.74) is 3.10. The van der Waals surface area contributed by atoms with Gasteiger partial charge in [0.1, 0.15) is 52.2 Å². The van der Waals surface area contributed by atoms with E-state index in [1.54, 1.807) is 93.5 Å². The number of imide groups is 2. The van der Waals surface area contributed by atoms with Crippen molar-refractivity contribution in [2.24, 2.45) is 4.30 Å². The Morgan fingerprint density at radius 1 is 0.541 bits per heavy atom. The Hall–Kier alpha value is -8.87. The van der Waals surface area contributed by atoms with Crippen LogP contribution in [0.1, 0.15) is 151 Å². The van der Waals surface area contributed by atoms with Gasteiger partial charge in [-0.2, -0.15) is 5.26 Å². The van der Waals surface area contributed by atoms with Crippen molar-refractivity contribution in [3.8, 4) is 6.07 Å². The van der Waals surface area contributed by atoms with Crippen LogP contribution >= 0.6 is 40.3 Å². The minimum atomic E-state index is -0.875. The summed E-state index contributed by atoms with van der Waals surface area (Å²) in [5.74, 6) is -3.80. The summed E-state index contributed by atoms with van der Waals surface area (Å²) in [6, 6.07) is 24.0. The topological polar surface area (TPSA) is 246 Å². The third kappa shape index (κ3) is 19.3. The van der Waals surface area contributed by atoms with Crippen LogP contribution < -0.4 is 31.1 Å². The molecule has 28 heteroatoms. The van der Waals surface area contributed by atoms with Crippen LogP contribution in [0, 0.1) is 46.2 Å². The third-order valence-corrected chi connectivity index (χ3v) is 15.7. The zero-order chi connectivity index (χ0) is 72.7. The molecule has 0 bridgehead atoms. The first-order valence-corrected chi connectivity index (χ1v) is 31.0. The Morgan fingerprint density at radius 2 is 0.929 bits per heavy atom. The molecule has 18 nitrogen and oxygen atoms in total. The standard InChI is InChI=1S/C15H18FNO3.C13H14FNO3.C11H9FN2O.C10H9BrFNO.C10H10FNO.C8H6FNO.CH3Cl.2CH4.BHNS/c1-14(2,3)20-13(19)17-11-8-9(16)6-7-10(11)15(4,5)12(17)18;1-13(2,3)18-12(17)15-10-7-9(14)5-4-8(10)6-11(15)16;1-11(2)7-3-6(5-13)8(12)4-9(7)14-10(11)15;1-10(2)5-3-6(11)7(12)4-8(5)13-9(10)14;1-10(2)7-4-3-6(11)5-8(7)12-9(10)13;9-6-2-1-5-3-8(11)10-7(5)4-6;1-2;;;1-2-3/h6-8H,1-5H3;4-5,7H,6H2,1-3H3;3-4H,1-2H3,(H,14,15);3-4H,1-2H3,(H,13,14);3-5H,1-2H3,(H,12,13);1-2,4H,3H2,(H,10,11);1H3;2*1H4;3H. The number of fused-ring (bicyclic) bond motifs is 6. The fraction of sp³-hybridized carbons (Fsp3) is 0.357. The summed E-state index contributed by atoms with van der Waals surface area (Å²) in [6.45, 7) is 24.4. The molecule has 0 spiro atoms. The molecule has 6 aliphatic heterocycles. The predicted molar refractivity (Wildman–Crippen MR) is 375 cm³/mol. The molecule has 98 heavy (non-hydrogen) atoms. The molecule has 6 aromatic rings. The molecular formula is C70H78BBrClF6N8O10S. The van der Waals surface area contributed by atoms with Gasteiger partial charge < -0.3 is 30.7 Å². The van der Waals surface area contributed by atoms with Crippen LogP contribution in [0.5, 0.6) is 0 Å². The summed E-state index contributed by atoms with van der Waals surface area (Å²) < 4.78 is 91.8. The van der Waals surface area contributed by atoms with E-state index in [1.165, 1.54) is 85.2 Å². The number of hydrogen-bond acceptors (Lipinski definition) is 13. The molecule has 4 N–H and O–H groups in total. The van der Waals surface area contributed by atoms with Crippen LogP contribution in [0.15, 0.2) is 106 Å². The molecule has 12 rings (SSSR count). The number of anilines is 6. The fourth-order valence-corrected chi connectivity index (χ4v) is 10.3. The molecule has 6 aliphatic rings. The van der Waals surface area contributed by atoms with Crippen LogP contribution in [-0.2, 0) is 72.7 Å². The van der Waals surface area contributed by atoms with E-state index in [0.717, 1.165) is 26.5 Å². The van der Waals surface area contributed by atoms with Crippen LogP contribution in [0.3, 0.4) is 0 Å². The number of nitrogens with zero attached hydrogens (tertiary/aromatic N) is 4. The van der Waals surface area contributed by atoms with E-state index in [1.807, 2.05) is 27.7 Å². The molecule has 0 fully saturated rings. The average molecular weight is 1460 g/mol. The molecule has 0 aliphatic carbocycles. The van der Waals surface area contributed by atoms with Gasteiger partial charge in [0.05, 0.1) is 55.9 Å². The van der Waals surface area contributed by atoms with Gasteiger partial charge in [-0.3, -0.25) is 28.8 Å². The van der Waals surface area contributed by atoms with Gasteiger partial charge in [0.2, 0.25) is 35.4 Å². The Labute approximate surface area is 586 Å². The second kappa shape index (κ2) is 32.7. The normalized spacial score (nSPS) is 15.5. The Bertz CT molecular complexity index is 4160. The van der Waals surface area contributed by atoms with Gasteiger partial charge in [0.25, 0.3) is 0 Å². The number of rotatable bonds is 0. The van der Waals surface area contributed by atoms with Gasteiger partial charge in [0.15, 0.2) is 0 Å². The number of nitriles is 1. The molecule has 6 heterocycles. The molecule has 0 saturated heterocycles. The molecular weight excluding hydrogens is 1390 g/mol. The first-order valence-electron chi connectivity index (χ1n) is 29.1. The first kappa shape index (κ1) is 83.4. The minimum absolute atomic E-state index is 0. The number of nitrogens with one attached hydrogen (secondary N) is 4. The molecule has 0 saturated carbocycles. The number of alkyl halides is 1. The van der Waals surface area contributed by atoms with E-state index in [-0.39, 0.29) is 79.3 Å². The quantitative estimate of drug-likeness (QED) is 0.0414. The zero-order valence-corrected chi connectivity index (χ0v) is 58.3. The van der Waals surface area contributed by atoms with E-state index in [9.17, 15) is 64.7 Å². The molecule has 6 aromatic carbocycles. The van der Waals surface area contributed by atoms with Crippen molar-refractivity contribution < 1.29 is 74.2 Å². The van der Waals surface area contributed by atoms with Gasteiger partial charge >= 0.3 is 36.9 Å². The summed E-state index contributed by atoms with van der Waals surface area (Å²) in [6.07, 6.45) is 0.390. The van der Waals surface area contributed by atoms with E-state index in [0.29, 0.717) is 50.3 Å². The SMILES string of the molecule is C.C.CC(C)(C)OC(=O)N1C(=O)C(C)(C)c2ccc(F)cc21.CC(C)(C)OC(=O)N1C(=O)Cc2ccc(F)cc21.CC1(C)C(=O)Nc2cc(F)c(Br)cc21.CC1(C)C(=O)Nc2cc(F)c(C#N)cc21.CC1(C)C(=O)Nc2cc(F)ccc21.CCl.O=C1Cc2ccc(F)cc2N1.[B]=NS. The second-order valence-electron chi connectivity index (χ2n) is 25.9. The van der Waals surface area contributed by atoms with Crippen molar-refractivity contribution in [2.75, 3.05) is 37.4 Å². The van der Waals surface area contributed by atoms with Gasteiger partial charge in [0, 0.05) is 29.1 Å². The monoisotopic (exact) mass is 1460 g/mol. The number of carbonyl (C=O) groups is 8. The van der Waals surface area contributed by atoms with Crippen molar-refractivity contribution in [3.63, 3.8) is 0 Å². The Balaban J connectivity index is 0.000000303. The van der Waals surface area contributed by atoms with Gasteiger partial charge in [-0.05, 0) is 219 Å². The molecule has 8 amide bonds. The van der Waals surface area contributed by atoms with Crippen LogP contribution in [-0.4, -0.2) is 72.9 Å². The van der Waals surface area contributed by atoms with Crippen molar-refractivity contribution in [2.45, 2.75) is 157 Å². The average Bonchev–Trinajstić information content (AvgIpc) is 1.60. The van der Waals surface area contributed by atoms with Crippen molar-refractivity contribution >= 4 is 130 Å². The summed E-state index contributed by atoms with van der Waals surface area (Å²) in [7, 11) is 4.34. The van der Waals surface area contributed by atoms with Gasteiger partial charge in [-0.1, -0.05) is 39.1 Å². The van der Waals surface area contributed by atoms with Crippen molar-refractivity contribution in [1.82, 2.24) is 0 Å². The molecule has 0 atom stereocenters. The molecule has 1 radical (unpaired) electrons. The maximum atomic E-state index is 13.4. The number of carbonyl (C=O) groups excluding carboxylic acids is 8. The number of thiol groups is 1. The van der Waals surface area contributed by atoms with Crippen molar-refractivity contribution in [3.05, 3.63) is 175 Å². The first-order chi connectivity index (χ1) is 44.4. The van der Waals surface area contributed by atoms with Crippen molar-refractivity contribution in [1.29, 1.82) is 5.26 Å². The van der Waals surface area contributed by atoms with E-state index in [2.05, 4.69) is 73.6 Å². The summed E-state index contributed by atoms with van der Waals surface area (Å²) >= 11 is 10.9. The molecule has 523 valence electrons. The Kier molecular flexibility index (Phi) is 27.8. The van der Waals surface area contributed by atoms with Crippen LogP contribution in [0.25, 0.3) is 0 Å². The summed E-state index contributed by atoms with van der Waals surface area (Å²) in [5, 5.41) is 19.1. The fourth-order valence-electron chi connectivity index (χ4n) is 9.99. The molecule has 0 aromatic heterocycles. The van der Waals surface area contributed by atoms with Gasteiger partial charge in [-0.25, -0.2) is 45.7 Å². The number of halogens is 8. The zero-order valence-electron chi connectivity index (χ0n) is 55.1. The maximum absolute atomic E-state index is 13.4. The van der Waals surface area contributed by atoms with E-state index < -0.39 is 74.3 Å². The van der Waals surface area contributed by atoms with Crippen LogP contribution in [0.2, 0.25) is 0 Å². The van der Waals surface area contributed by atoms with E-state index >= 15 is 0 Å². The summed E-state index contributed by atoms with van der Waals surface area (Å²) in [4.78, 5) is 95.4. The number of amides is 8. The number of ether oxygens (including phenoxy) is 2.